The molecule has 1 fully saturated rings. The lowest BCUT2D eigenvalue weighted by Crippen LogP contribution is -2.37. The van der Waals surface area contributed by atoms with Crippen molar-refractivity contribution in [2.45, 2.75) is 25.7 Å². The fraction of sp³-hybridized carbons (Fsp3) is 0.389. The molecule has 27 heavy (non-hydrogen) atoms. The van der Waals surface area contributed by atoms with E-state index in [9.17, 15) is 8.42 Å². The zero-order chi connectivity index (χ0) is 19.0. The second-order valence-corrected chi connectivity index (χ2v) is 9.77. The molecule has 9 heteroatoms. The van der Waals surface area contributed by atoms with Crippen LogP contribution in [-0.2, 0) is 10.0 Å². The van der Waals surface area contributed by atoms with Crippen molar-refractivity contribution in [2.24, 2.45) is 0 Å². The Hall–Kier alpha value is -2.10. The van der Waals surface area contributed by atoms with Gasteiger partial charge in [-0.1, -0.05) is 41.7 Å². The number of allylic oxidation sites excluding steroid dienone is 1. The molecular weight excluding hydrogens is 382 g/mol. The molecule has 0 bridgehead atoms. The third kappa shape index (κ3) is 3.80. The summed E-state index contributed by atoms with van der Waals surface area (Å²) in [6.45, 7) is 3.08. The van der Waals surface area contributed by atoms with Crippen LogP contribution in [0.1, 0.15) is 42.1 Å². The molecule has 2 aromatic heterocycles. The monoisotopic (exact) mass is 403 g/mol. The number of benzene rings is 1. The van der Waals surface area contributed by atoms with Gasteiger partial charge in [0.2, 0.25) is 15.0 Å². The van der Waals surface area contributed by atoms with Crippen molar-refractivity contribution in [3.8, 4) is 0 Å². The summed E-state index contributed by atoms with van der Waals surface area (Å²) in [6, 6.07) is 10.1. The number of fused-ring (bicyclic) bond motifs is 1. The lowest BCUT2D eigenvalue weighted by molar-refractivity contribution is 0.313. The average molecular weight is 404 g/mol. The van der Waals surface area contributed by atoms with Crippen LogP contribution >= 0.6 is 11.3 Å². The first kappa shape index (κ1) is 18.3. The van der Waals surface area contributed by atoms with Crippen LogP contribution in [0.4, 0.5) is 0 Å². The molecule has 0 unspecified atom stereocenters. The van der Waals surface area contributed by atoms with Gasteiger partial charge in [0.15, 0.2) is 5.82 Å². The molecule has 0 aliphatic carbocycles. The molecular formula is C18H21N5O2S2. The van der Waals surface area contributed by atoms with Crippen LogP contribution < -0.4 is 0 Å². The normalized spacial score (nSPS) is 17.6. The fourth-order valence-corrected chi connectivity index (χ4v) is 5.04. The van der Waals surface area contributed by atoms with E-state index in [0.29, 0.717) is 13.1 Å². The summed E-state index contributed by atoms with van der Waals surface area (Å²) in [4.78, 5) is 0.770. The third-order valence-electron chi connectivity index (χ3n) is 4.82. The second kappa shape index (κ2) is 7.14. The molecule has 0 amide bonds. The average Bonchev–Trinajstić information content (AvgIpc) is 3.22. The Labute approximate surface area is 162 Å². The highest BCUT2D eigenvalue weighted by Crippen LogP contribution is 2.30. The lowest BCUT2D eigenvalue weighted by Gasteiger charge is -2.28. The molecule has 3 heterocycles. The third-order valence-corrected chi connectivity index (χ3v) is 7.16. The zero-order valence-electron chi connectivity index (χ0n) is 15.2. The van der Waals surface area contributed by atoms with E-state index in [2.05, 4.69) is 28.4 Å². The van der Waals surface area contributed by atoms with Gasteiger partial charge in [-0.15, -0.1) is 10.2 Å². The molecule has 1 aliphatic rings. The number of rotatable bonds is 4. The number of nitrogens with zero attached hydrogens (tertiary/aromatic N) is 5. The molecule has 0 saturated carbocycles. The van der Waals surface area contributed by atoms with Gasteiger partial charge < -0.3 is 0 Å². The van der Waals surface area contributed by atoms with E-state index in [1.165, 1.54) is 21.9 Å². The van der Waals surface area contributed by atoms with Gasteiger partial charge in [0.1, 0.15) is 5.01 Å². The van der Waals surface area contributed by atoms with Gasteiger partial charge in [-0.25, -0.2) is 12.7 Å². The predicted molar refractivity (Wildman–Crippen MR) is 107 cm³/mol. The first-order valence-electron chi connectivity index (χ1n) is 8.83. The van der Waals surface area contributed by atoms with E-state index < -0.39 is 10.0 Å². The molecule has 1 saturated heterocycles. The Kier molecular flexibility index (Phi) is 4.83. The first-order chi connectivity index (χ1) is 12.9. The molecule has 0 N–H and O–H groups in total. The highest BCUT2D eigenvalue weighted by Gasteiger charge is 2.29. The molecule has 1 aromatic carbocycles. The smallest absolute Gasteiger partial charge is 0.213 e. The summed E-state index contributed by atoms with van der Waals surface area (Å²) in [5.41, 5.74) is 2.21. The minimum atomic E-state index is -3.13. The number of piperidine rings is 1. The quantitative estimate of drug-likeness (QED) is 0.669. The topological polar surface area (TPSA) is 80.5 Å². The predicted octanol–water partition coefficient (Wildman–Crippen LogP) is 2.89. The highest BCUT2D eigenvalue weighted by molar-refractivity contribution is 7.88. The molecule has 142 valence electrons. The summed E-state index contributed by atoms with van der Waals surface area (Å²) < 4.78 is 26.7. The summed E-state index contributed by atoms with van der Waals surface area (Å²) in [5.74, 6) is 1.000. The second-order valence-electron chi connectivity index (χ2n) is 6.83. The highest BCUT2D eigenvalue weighted by atomic mass is 32.2. The molecule has 3 aromatic rings. The number of aromatic nitrogens is 4. The van der Waals surface area contributed by atoms with Crippen molar-refractivity contribution in [2.75, 3.05) is 19.3 Å². The SMILES string of the molecule is CC(=Cc1ccccc1)c1nn2c(C3CCN(S(C)(=O)=O)CC3)nnc2s1. The maximum atomic E-state index is 11.7. The Bertz CT molecular complexity index is 1080. The van der Waals surface area contributed by atoms with Gasteiger partial charge in [-0.3, -0.25) is 0 Å². The Morgan fingerprint density at radius 2 is 1.89 bits per heavy atom. The van der Waals surface area contributed by atoms with Crippen molar-refractivity contribution < 1.29 is 8.42 Å². The van der Waals surface area contributed by atoms with E-state index in [-0.39, 0.29) is 5.92 Å². The van der Waals surface area contributed by atoms with Crippen LogP contribution in [0.3, 0.4) is 0 Å². The lowest BCUT2D eigenvalue weighted by atomic mass is 9.97. The van der Waals surface area contributed by atoms with E-state index in [0.717, 1.165) is 39.8 Å². The van der Waals surface area contributed by atoms with Gasteiger partial charge in [0, 0.05) is 19.0 Å². The number of hydrogen-bond acceptors (Lipinski definition) is 6. The van der Waals surface area contributed by atoms with Crippen molar-refractivity contribution >= 4 is 38.0 Å². The Morgan fingerprint density at radius 1 is 1.19 bits per heavy atom. The van der Waals surface area contributed by atoms with Gasteiger partial charge in [-0.2, -0.15) is 9.61 Å². The van der Waals surface area contributed by atoms with E-state index >= 15 is 0 Å². The minimum Gasteiger partial charge on any atom is -0.213 e. The minimum absolute atomic E-state index is 0.173. The standard InChI is InChI=1S/C18H21N5O2S2/c1-13(12-14-6-4-3-5-7-14)17-21-23-16(19-20-18(23)26-17)15-8-10-22(11-9-15)27(2,24)25/h3-7,12,15H,8-11H2,1-2H3. The van der Waals surface area contributed by atoms with Crippen molar-refractivity contribution in [1.82, 2.24) is 24.1 Å². The van der Waals surface area contributed by atoms with E-state index in [1.807, 2.05) is 29.6 Å². The van der Waals surface area contributed by atoms with E-state index in [4.69, 9.17) is 5.10 Å². The molecule has 0 atom stereocenters. The van der Waals surface area contributed by atoms with Gasteiger partial charge in [0.05, 0.1) is 6.26 Å². The van der Waals surface area contributed by atoms with Crippen LogP contribution in [0.5, 0.6) is 0 Å². The van der Waals surface area contributed by atoms with Gasteiger partial charge in [0.25, 0.3) is 0 Å². The Morgan fingerprint density at radius 3 is 2.56 bits per heavy atom. The molecule has 0 radical (unpaired) electrons. The van der Waals surface area contributed by atoms with Crippen LogP contribution in [0, 0.1) is 0 Å². The Balaban J connectivity index is 1.57. The summed E-state index contributed by atoms with van der Waals surface area (Å²) in [7, 11) is -3.13. The largest absolute Gasteiger partial charge is 0.234 e. The zero-order valence-corrected chi connectivity index (χ0v) is 16.9. The van der Waals surface area contributed by atoms with Crippen LogP contribution in [-0.4, -0.2) is 51.9 Å². The van der Waals surface area contributed by atoms with Crippen molar-refractivity contribution in [3.63, 3.8) is 0 Å². The number of sulfonamides is 1. The summed E-state index contributed by atoms with van der Waals surface area (Å²) in [5, 5.41) is 14.2. The molecule has 1 aliphatic heterocycles. The van der Waals surface area contributed by atoms with Crippen LogP contribution in [0.25, 0.3) is 16.6 Å². The van der Waals surface area contributed by atoms with E-state index in [1.54, 1.807) is 0 Å². The van der Waals surface area contributed by atoms with Crippen molar-refractivity contribution in [3.05, 3.63) is 46.7 Å². The van der Waals surface area contributed by atoms with Gasteiger partial charge >= 0.3 is 0 Å². The van der Waals surface area contributed by atoms with Crippen LogP contribution in [0.15, 0.2) is 30.3 Å². The molecule has 7 nitrogen and oxygen atoms in total. The van der Waals surface area contributed by atoms with Crippen molar-refractivity contribution in [1.29, 1.82) is 0 Å². The van der Waals surface area contributed by atoms with Gasteiger partial charge in [-0.05, 0) is 37.0 Å². The summed E-state index contributed by atoms with van der Waals surface area (Å²) >= 11 is 1.52. The molecule has 0 spiro atoms. The number of hydrogen-bond donors (Lipinski definition) is 0. The fourth-order valence-electron chi connectivity index (χ4n) is 3.35. The van der Waals surface area contributed by atoms with Crippen LogP contribution in [0.2, 0.25) is 0 Å². The first-order valence-corrected chi connectivity index (χ1v) is 11.5. The maximum Gasteiger partial charge on any atom is 0.234 e. The molecule has 4 rings (SSSR count). The maximum absolute atomic E-state index is 11.7. The summed E-state index contributed by atoms with van der Waals surface area (Å²) in [6.07, 6.45) is 4.84.